The SMILES string of the molecule is Nc1ncnc2c1c(-c1ccc(Oc3ccccc3)cc1)nn2C1CCCN(C(=O)CCCCCSc2cccc3c2CN(C2CCC(=O)NC2=O)C3=O)C1. The number of aromatic nitrogens is 4. The maximum absolute atomic E-state index is 13.4. The van der Waals surface area contributed by atoms with Gasteiger partial charge in [-0.05, 0) is 92.0 Å². The number of hydrogen-bond donors (Lipinski definition) is 2. The molecule has 2 saturated heterocycles. The van der Waals surface area contributed by atoms with Crippen LogP contribution < -0.4 is 15.8 Å². The summed E-state index contributed by atoms with van der Waals surface area (Å²) in [5.41, 5.74) is 10.2. The molecule has 14 heteroatoms. The number of fused-ring (bicyclic) bond motifs is 2. The Labute approximate surface area is 322 Å². The van der Waals surface area contributed by atoms with Gasteiger partial charge < -0.3 is 20.3 Å². The Kier molecular flexibility index (Phi) is 10.5. The smallest absolute Gasteiger partial charge is 0.255 e. The molecule has 3 N–H and O–H groups in total. The lowest BCUT2D eigenvalue weighted by atomic mass is 10.0. The highest BCUT2D eigenvalue weighted by Gasteiger charge is 2.40. The van der Waals surface area contributed by atoms with E-state index in [0.29, 0.717) is 66.3 Å². The third kappa shape index (κ3) is 7.63. The van der Waals surface area contributed by atoms with Crippen LogP contribution in [-0.4, -0.2) is 78.1 Å². The minimum Gasteiger partial charge on any atom is -0.457 e. The van der Waals surface area contributed by atoms with E-state index in [4.69, 9.17) is 15.6 Å². The van der Waals surface area contributed by atoms with Gasteiger partial charge in [-0.3, -0.25) is 24.5 Å². The Morgan fingerprint density at radius 2 is 1.75 bits per heavy atom. The van der Waals surface area contributed by atoms with Crippen molar-refractivity contribution in [1.29, 1.82) is 0 Å². The molecule has 3 aromatic carbocycles. The summed E-state index contributed by atoms with van der Waals surface area (Å²) in [7, 11) is 0. The van der Waals surface area contributed by atoms with E-state index in [9.17, 15) is 19.2 Å². The highest BCUT2D eigenvalue weighted by molar-refractivity contribution is 7.99. The number of rotatable bonds is 12. The van der Waals surface area contributed by atoms with Crippen molar-refractivity contribution in [1.82, 2.24) is 34.9 Å². The lowest BCUT2D eigenvalue weighted by molar-refractivity contribution is -0.137. The van der Waals surface area contributed by atoms with Crippen LogP contribution in [0.2, 0.25) is 0 Å². The summed E-state index contributed by atoms with van der Waals surface area (Å²) in [5.74, 6) is 1.96. The molecule has 2 unspecified atom stereocenters. The van der Waals surface area contributed by atoms with Gasteiger partial charge in [0.2, 0.25) is 17.7 Å². The Hall–Kier alpha value is -5.76. The molecule has 13 nitrogen and oxygen atoms in total. The lowest BCUT2D eigenvalue weighted by Crippen LogP contribution is -2.52. The van der Waals surface area contributed by atoms with Crippen molar-refractivity contribution in [3.05, 3.63) is 90.3 Å². The van der Waals surface area contributed by atoms with E-state index in [1.54, 1.807) is 16.7 Å². The van der Waals surface area contributed by atoms with Crippen LogP contribution in [0.3, 0.4) is 0 Å². The number of ether oxygens (including phenoxy) is 1. The average Bonchev–Trinajstić information content (AvgIpc) is 3.76. The van der Waals surface area contributed by atoms with Crippen molar-refractivity contribution in [3.8, 4) is 22.8 Å². The number of hydrogen-bond acceptors (Lipinski definition) is 10. The third-order valence-electron chi connectivity index (χ3n) is 10.6. The van der Waals surface area contributed by atoms with Crippen LogP contribution in [0.1, 0.15) is 73.3 Å². The number of piperidine rings is 2. The van der Waals surface area contributed by atoms with E-state index in [-0.39, 0.29) is 30.2 Å². The number of likely N-dealkylation sites (tertiary alicyclic amines) is 1. The number of para-hydroxylation sites is 1. The van der Waals surface area contributed by atoms with Crippen molar-refractivity contribution < 1.29 is 23.9 Å². The van der Waals surface area contributed by atoms with Gasteiger partial charge in [0.25, 0.3) is 5.91 Å². The second-order valence-electron chi connectivity index (χ2n) is 14.2. The third-order valence-corrected chi connectivity index (χ3v) is 11.7. The van der Waals surface area contributed by atoms with E-state index in [0.717, 1.165) is 59.6 Å². The number of amides is 4. The van der Waals surface area contributed by atoms with Crippen molar-refractivity contribution in [3.63, 3.8) is 0 Å². The molecule has 0 aliphatic carbocycles. The number of imide groups is 1. The normalized spacial score (nSPS) is 18.4. The van der Waals surface area contributed by atoms with Crippen molar-refractivity contribution in [2.45, 2.75) is 74.9 Å². The van der Waals surface area contributed by atoms with Gasteiger partial charge in [0.1, 0.15) is 35.4 Å². The Balaban J connectivity index is 0.846. The molecular formula is C41H42N8O5S. The van der Waals surface area contributed by atoms with Gasteiger partial charge in [0.05, 0.1) is 11.4 Å². The summed E-state index contributed by atoms with van der Waals surface area (Å²) in [5, 5.41) is 8.09. The van der Waals surface area contributed by atoms with Crippen LogP contribution in [0.25, 0.3) is 22.3 Å². The monoisotopic (exact) mass is 758 g/mol. The minimum absolute atomic E-state index is 0.0502. The number of nitrogens with one attached hydrogen (secondary N) is 1. The molecule has 2 fully saturated rings. The van der Waals surface area contributed by atoms with Gasteiger partial charge in [0, 0.05) is 48.5 Å². The first kappa shape index (κ1) is 36.2. The van der Waals surface area contributed by atoms with Gasteiger partial charge in [-0.1, -0.05) is 30.7 Å². The quantitative estimate of drug-likeness (QED) is 0.0857. The van der Waals surface area contributed by atoms with Crippen molar-refractivity contribution in [2.24, 2.45) is 0 Å². The number of benzene rings is 3. The number of nitrogen functional groups attached to an aromatic ring is 1. The number of carbonyl (C=O) groups excluding carboxylic acids is 4. The summed E-state index contributed by atoms with van der Waals surface area (Å²) >= 11 is 1.70. The highest BCUT2D eigenvalue weighted by Crippen LogP contribution is 2.37. The van der Waals surface area contributed by atoms with Gasteiger partial charge in [-0.2, -0.15) is 5.10 Å². The second-order valence-corrected chi connectivity index (χ2v) is 15.3. The van der Waals surface area contributed by atoms with E-state index >= 15 is 0 Å². The number of carbonyl (C=O) groups is 4. The summed E-state index contributed by atoms with van der Waals surface area (Å²) in [6.07, 6.45) is 6.86. The average molecular weight is 759 g/mol. The molecule has 5 heterocycles. The van der Waals surface area contributed by atoms with Crippen molar-refractivity contribution >= 4 is 52.2 Å². The maximum atomic E-state index is 13.4. The number of thioether (sulfide) groups is 1. The minimum atomic E-state index is -0.628. The topological polar surface area (TPSA) is 166 Å². The standard InChI is InChI=1S/C41H42N8O5S/c42-38-36-37(26-15-17-29(18-16-26)54-28-10-3-1-4-11-28)46-49(39(36)44-25-43-38)27-9-8-21-47(23-27)35(51)14-5-2-6-22-55-33-13-7-12-30-31(33)24-48(41(30)53)32-19-20-34(50)45-40(32)52/h1,3-4,7,10-13,15-18,25,27,32H,2,5-6,8-9,14,19-24H2,(H2,42,43,44)(H,45,50,52). The second kappa shape index (κ2) is 15.9. The largest absolute Gasteiger partial charge is 0.457 e. The highest BCUT2D eigenvalue weighted by atomic mass is 32.2. The maximum Gasteiger partial charge on any atom is 0.255 e. The zero-order valence-electron chi connectivity index (χ0n) is 30.4. The van der Waals surface area contributed by atoms with Crippen LogP contribution in [0.5, 0.6) is 11.5 Å². The Morgan fingerprint density at radius 1 is 0.927 bits per heavy atom. The summed E-state index contributed by atoms with van der Waals surface area (Å²) in [4.78, 5) is 64.1. The number of anilines is 1. The molecule has 2 aromatic heterocycles. The lowest BCUT2D eigenvalue weighted by Gasteiger charge is -2.33. The first-order valence-corrected chi connectivity index (χ1v) is 19.8. The zero-order chi connectivity index (χ0) is 37.9. The summed E-state index contributed by atoms with van der Waals surface area (Å²) in [6.45, 7) is 1.62. The molecule has 8 rings (SSSR count). The first-order valence-electron chi connectivity index (χ1n) is 18.8. The molecule has 2 atom stereocenters. The van der Waals surface area contributed by atoms with Gasteiger partial charge in [0.15, 0.2) is 5.65 Å². The molecule has 3 aliphatic rings. The number of nitrogens with two attached hydrogens (primary N) is 1. The van der Waals surface area contributed by atoms with Crippen LogP contribution >= 0.6 is 11.8 Å². The fraction of sp³-hybridized carbons (Fsp3) is 0.341. The predicted octanol–water partition coefficient (Wildman–Crippen LogP) is 6.15. The molecule has 55 heavy (non-hydrogen) atoms. The molecule has 3 aliphatic heterocycles. The molecule has 5 aromatic rings. The molecule has 4 amide bonds. The van der Waals surface area contributed by atoms with Gasteiger partial charge in [-0.25, -0.2) is 14.6 Å². The number of unbranched alkanes of at least 4 members (excludes halogenated alkanes) is 2. The molecule has 0 radical (unpaired) electrons. The number of nitrogens with zero attached hydrogens (tertiary/aromatic N) is 6. The van der Waals surface area contributed by atoms with Gasteiger partial charge in [-0.15, -0.1) is 11.8 Å². The van der Waals surface area contributed by atoms with E-state index in [1.807, 2.05) is 82.4 Å². The summed E-state index contributed by atoms with van der Waals surface area (Å²) in [6, 6.07) is 22.4. The van der Waals surface area contributed by atoms with E-state index < -0.39 is 11.9 Å². The van der Waals surface area contributed by atoms with Crippen LogP contribution in [0, 0.1) is 0 Å². The molecular weight excluding hydrogens is 717 g/mol. The fourth-order valence-electron chi connectivity index (χ4n) is 7.73. The predicted molar refractivity (Wildman–Crippen MR) is 208 cm³/mol. The van der Waals surface area contributed by atoms with Crippen LogP contribution in [0.15, 0.2) is 84.0 Å². The van der Waals surface area contributed by atoms with E-state index in [1.165, 1.54) is 6.33 Å². The molecule has 282 valence electrons. The van der Waals surface area contributed by atoms with Crippen LogP contribution in [-0.2, 0) is 20.9 Å². The van der Waals surface area contributed by atoms with Crippen molar-refractivity contribution in [2.75, 3.05) is 24.6 Å². The Morgan fingerprint density at radius 3 is 2.56 bits per heavy atom. The Bertz CT molecular complexity index is 2250. The van der Waals surface area contributed by atoms with E-state index in [2.05, 4.69) is 15.3 Å². The molecule has 0 saturated carbocycles. The first-order chi connectivity index (χ1) is 26.8. The molecule has 0 bridgehead atoms. The molecule has 0 spiro atoms. The van der Waals surface area contributed by atoms with Gasteiger partial charge >= 0.3 is 0 Å². The zero-order valence-corrected chi connectivity index (χ0v) is 31.2. The fourth-order valence-corrected chi connectivity index (χ4v) is 8.82. The van der Waals surface area contributed by atoms with Crippen LogP contribution in [0.4, 0.5) is 5.82 Å². The summed E-state index contributed by atoms with van der Waals surface area (Å²) < 4.78 is 7.90.